The number of carbonyl (C=O) groups excluding carboxylic acids is 1. The number of hydrogen-bond donors (Lipinski definition) is 1. The number of unbranched alkanes of at least 4 members (excludes halogenated alkanes) is 3. The zero-order valence-corrected chi connectivity index (χ0v) is 7.79. The third-order valence-electron chi connectivity index (χ3n) is 1.46. The van der Waals surface area contributed by atoms with Gasteiger partial charge < -0.3 is 15.3 Å². The van der Waals surface area contributed by atoms with E-state index in [4.69, 9.17) is 9.84 Å². The Kier molecular flexibility index (Phi) is 12.5. The molecular weight excluding hydrogens is 172 g/mol. The summed E-state index contributed by atoms with van der Waals surface area (Å²) in [4.78, 5) is 10.5. The first kappa shape index (κ1) is 14.6. The van der Waals surface area contributed by atoms with E-state index >= 15 is 0 Å². The van der Waals surface area contributed by atoms with Crippen LogP contribution in [-0.4, -0.2) is 29.8 Å². The highest BCUT2D eigenvalue weighted by Gasteiger charge is 1.94. The zero-order chi connectivity index (χ0) is 9.23. The van der Waals surface area contributed by atoms with Gasteiger partial charge in [-0.3, -0.25) is 0 Å². The van der Waals surface area contributed by atoms with E-state index in [1.54, 1.807) is 0 Å². The molecule has 4 heteroatoms. The summed E-state index contributed by atoms with van der Waals surface area (Å²) in [6, 6.07) is 0. The zero-order valence-electron chi connectivity index (χ0n) is 7.79. The fourth-order valence-corrected chi connectivity index (χ4v) is 0.799. The van der Waals surface area contributed by atoms with Crippen LogP contribution < -0.4 is 0 Å². The van der Waals surface area contributed by atoms with Crippen LogP contribution in [0.2, 0.25) is 0 Å². The molecule has 0 bridgehead atoms. The summed E-state index contributed by atoms with van der Waals surface area (Å²) in [5.41, 5.74) is 0. The van der Waals surface area contributed by atoms with E-state index in [1.165, 1.54) is 0 Å². The fourth-order valence-electron chi connectivity index (χ4n) is 0.799. The van der Waals surface area contributed by atoms with Crippen LogP contribution in [0, 0.1) is 0 Å². The van der Waals surface area contributed by atoms with Gasteiger partial charge in [0.2, 0.25) is 0 Å². The molecule has 3 N–H and O–H groups in total. The molecule has 13 heavy (non-hydrogen) atoms. The number of carbonyl (C=O) groups is 1. The van der Waals surface area contributed by atoms with Gasteiger partial charge in [0, 0.05) is 12.7 Å². The first-order valence-electron chi connectivity index (χ1n) is 4.21. The second kappa shape index (κ2) is 11.1. The molecule has 0 saturated heterocycles. The molecule has 0 heterocycles. The van der Waals surface area contributed by atoms with E-state index in [-0.39, 0.29) is 18.1 Å². The molecule has 0 aliphatic heterocycles. The van der Waals surface area contributed by atoms with E-state index < -0.39 is 0 Å². The Morgan fingerprint density at radius 1 is 1.31 bits per heavy atom. The molecule has 0 amide bonds. The van der Waals surface area contributed by atoms with Gasteiger partial charge in [-0.1, -0.05) is 13.0 Å². The maximum Gasteiger partial charge on any atom is 0.330 e. The summed E-state index contributed by atoms with van der Waals surface area (Å²) in [5, 5.41) is 8.45. The van der Waals surface area contributed by atoms with E-state index in [0.717, 1.165) is 31.8 Å². The highest BCUT2D eigenvalue weighted by molar-refractivity contribution is 5.81. The van der Waals surface area contributed by atoms with Crippen molar-refractivity contribution in [3.63, 3.8) is 0 Å². The number of esters is 1. The van der Waals surface area contributed by atoms with Crippen LogP contribution in [0.3, 0.4) is 0 Å². The monoisotopic (exact) mass is 190 g/mol. The Morgan fingerprint density at radius 2 is 1.92 bits per heavy atom. The lowest BCUT2D eigenvalue weighted by molar-refractivity contribution is -0.137. The van der Waals surface area contributed by atoms with E-state index in [0.29, 0.717) is 6.61 Å². The van der Waals surface area contributed by atoms with Crippen LogP contribution in [0.15, 0.2) is 12.7 Å². The van der Waals surface area contributed by atoms with Gasteiger partial charge in [0.25, 0.3) is 0 Å². The molecule has 78 valence electrons. The van der Waals surface area contributed by atoms with Crippen molar-refractivity contribution in [2.24, 2.45) is 0 Å². The van der Waals surface area contributed by atoms with Crippen LogP contribution in [-0.2, 0) is 9.53 Å². The third kappa shape index (κ3) is 11.1. The van der Waals surface area contributed by atoms with Gasteiger partial charge in [-0.15, -0.1) is 0 Å². The maximum atomic E-state index is 10.5. The third-order valence-corrected chi connectivity index (χ3v) is 1.46. The molecular formula is C9H18O4. The number of hydrogen-bond acceptors (Lipinski definition) is 3. The molecule has 0 aliphatic carbocycles. The lowest BCUT2D eigenvalue weighted by Crippen LogP contribution is -2.01. The Morgan fingerprint density at radius 3 is 2.46 bits per heavy atom. The van der Waals surface area contributed by atoms with Crippen molar-refractivity contribution in [2.75, 3.05) is 13.2 Å². The van der Waals surface area contributed by atoms with Crippen LogP contribution >= 0.6 is 0 Å². The largest absolute Gasteiger partial charge is 0.463 e. The van der Waals surface area contributed by atoms with Gasteiger partial charge in [-0.05, 0) is 19.3 Å². The smallest absolute Gasteiger partial charge is 0.330 e. The van der Waals surface area contributed by atoms with Crippen LogP contribution in [0.1, 0.15) is 25.7 Å². The highest BCUT2D eigenvalue weighted by atomic mass is 16.5. The number of ether oxygens (including phenoxy) is 1. The summed E-state index contributed by atoms with van der Waals surface area (Å²) in [6.45, 7) is 3.98. The fraction of sp³-hybridized carbons (Fsp3) is 0.667. The number of aliphatic hydroxyl groups is 1. The second-order valence-electron chi connectivity index (χ2n) is 2.51. The van der Waals surface area contributed by atoms with Crippen molar-refractivity contribution in [1.29, 1.82) is 0 Å². The van der Waals surface area contributed by atoms with Gasteiger partial charge in [0.05, 0.1) is 6.61 Å². The van der Waals surface area contributed by atoms with Gasteiger partial charge in [-0.2, -0.15) is 0 Å². The van der Waals surface area contributed by atoms with Crippen molar-refractivity contribution in [3.05, 3.63) is 12.7 Å². The van der Waals surface area contributed by atoms with E-state index in [1.807, 2.05) is 0 Å². The number of rotatable bonds is 7. The quantitative estimate of drug-likeness (QED) is 0.359. The minimum Gasteiger partial charge on any atom is -0.463 e. The molecule has 4 nitrogen and oxygen atoms in total. The summed E-state index contributed by atoms with van der Waals surface area (Å²) in [7, 11) is 0. The minimum atomic E-state index is -0.364. The average molecular weight is 190 g/mol. The Labute approximate surface area is 78.5 Å². The maximum absolute atomic E-state index is 10.5. The standard InChI is InChI=1S/C9H16O3.H2O/c1-2-9(11)12-8-6-4-3-5-7-10;/h2,10H,1,3-8H2;1H2. The molecule has 0 atom stereocenters. The summed E-state index contributed by atoms with van der Waals surface area (Å²) in [6.07, 6.45) is 4.83. The van der Waals surface area contributed by atoms with Crippen LogP contribution in [0.4, 0.5) is 0 Å². The number of aliphatic hydroxyl groups excluding tert-OH is 1. The predicted molar refractivity (Wildman–Crippen MR) is 50.3 cm³/mol. The lowest BCUT2D eigenvalue weighted by Gasteiger charge is -2.00. The van der Waals surface area contributed by atoms with Crippen LogP contribution in [0.25, 0.3) is 0 Å². The van der Waals surface area contributed by atoms with Crippen molar-refractivity contribution < 1.29 is 20.1 Å². The molecule has 0 aromatic carbocycles. The lowest BCUT2D eigenvalue weighted by atomic mass is 10.2. The Balaban J connectivity index is 0. The molecule has 0 radical (unpaired) electrons. The van der Waals surface area contributed by atoms with Gasteiger partial charge in [-0.25, -0.2) is 4.79 Å². The second-order valence-corrected chi connectivity index (χ2v) is 2.51. The molecule has 0 aliphatic rings. The molecule has 0 saturated carbocycles. The summed E-state index contributed by atoms with van der Waals surface area (Å²) < 4.78 is 4.75. The first-order valence-corrected chi connectivity index (χ1v) is 4.21. The predicted octanol–water partition coefficient (Wildman–Crippen LogP) is 0.444. The first-order chi connectivity index (χ1) is 5.81. The van der Waals surface area contributed by atoms with Gasteiger partial charge in [0.1, 0.15) is 0 Å². The SMILES string of the molecule is C=CC(=O)OCCCCCCO.O. The molecule has 0 fully saturated rings. The van der Waals surface area contributed by atoms with Gasteiger partial charge in [0.15, 0.2) is 0 Å². The molecule has 0 aromatic rings. The summed E-state index contributed by atoms with van der Waals surface area (Å²) >= 11 is 0. The Hall–Kier alpha value is -0.870. The Bertz CT molecular complexity index is 134. The minimum absolute atomic E-state index is 0. The van der Waals surface area contributed by atoms with Gasteiger partial charge >= 0.3 is 5.97 Å². The van der Waals surface area contributed by atoms with Crippen molar-refractivity contribution in [2.45, 2.75) is 25.7 Å². The average Bonchev–Trinajstić information content (AvgIpc) is 2.10. The topological polar surface area (TPSA) is 78.0 Å². The normalized spacial score (nSPS) is 8.69. The van der Waals surface area contributed by atoms with E-state index in [9.17, 15) is 4.79 Å². The molecule has 0 rings (SSSR count). The van der Waals surface area contributed by atoms with Crippen LogP contribution in [0.5, 0.6) is 0 Å². The summed E-state index contributed by atoms with van der Waals surface area (Å²) in [5.74, 6) is -0.364. The van der Waals surface area contributed by atoms with Crippen molar-refractivity contribution in [3.8, 4) is 0 Å². The molecule has 0 aromatic heterocycles. The molecule has 0 spiro atoms. The van der Waals surface area contributed by atoms with Crippen molar-refractivity contribution >= 4 is 5.97 Å². The van der Waals surface area contributed by atoms with Crippen molar-refractivity contribution in [1.82, 2.24) is 0 Å². The highest BCUT2D eigenvalue weighted by Crippen LogP contribution is 1.99. The van der Waals surface area contributed by atoms with E-state index in [2.05, 4.69) is 6.58 Å². The molecule has 0 unspecified atom stereocenters.